The van der Waals surface area contributed by atoms with Crippen molar-refractivity contribution < 1.29 is 4.39 Å². The van der Waals surface area contributed by atoms with E-state index in [1.54, 1.807) is 29.9 Å². The van der Waals surface area contributed by atoms with E-state index in [9.17, 15) is 4.39 Å². The molecule has 1 aromatic carbocycles. The fourth-order valence-corrected chi connectivity index (χ4v) is 1.82. The predicted molar refractivity (Wildman–Crippen MR) is 63.5 cm³/mol. The van der Waals surface area contributed by atoms with Crippen molar-refractivity contribution >= 4 is 0 Å². The Balaban J connectivity index is 2.38. The Morgan fingerprint density at radius 2 is 2.18 bits per heavy atom. The minimum absolute atomic E-state index is 0.178. The number of hydrazine groups is 1. The molecule has 0 bridgehead atoms. The van der Waals surface area contributed by atoms with Crippen molar-refractivity contribution in [3.8, 4) is 0 Å². The molecule has 0 aliphatic rings. The predicted octanol–water partition coefficient (Wildman–Crippen LogP) is 1.42. The lowest BCUT2D eigenvalue weighted by atomic mass is 10.0. The molecule has 0 aliphatic carbocycles. The second kappa shape index (κ2) is 4.65. The minimum atomic E-state index is -0.212. The highest BCUT2D eigenvalue weighted by atomic mass is 19.1. The molecule has 2 rings (SSSR count). The second-order valence-electron chi connectivity index (χ2n) is 4.06. The van der Waals surface area contributed by atoms with Gasteiger partial charge < -0.3 is 0 Å². The van der Waals surface area contributed by atoms with E-state index in [0.29, 0.717) is 5.56 Å². The van der Waals surface area contributed by atoms with E-state index in [4.69, 9.17) is 5.84 Å². The van der Waals surface area contributed by atoms with Crippen LogP contribution in [-0.4, -0.2) is 9.78 Å². The Morgan fingerprint density at radius 3 is 2.71 bits per heavy atom. The molecule has 5 heteroatoms. The first-order valence-corrected chi connectivity index (χ1v) is 5.32. The van der Waals surface area contributed by atoms with Gasteiger partial charge in [-0.05, 0) is 24.1 Å². The standard InChI is InChI=1S/C12H15FN4/c1-8-5-9(3-4-11(8)13)12(16-14)10-6-15-17(2)7-10/h3-7,12,16H,14H2,1-2H3. The smallest absolute Gasteiger partial charge is 0.126 e. The summed E-state index contributed by atoms with van der Waals surface area (Å²) < 4.78 is 14.9. The number of benzene rings is 1. The van der Waals surface area contributed by atoms with Gasteiger partial charge in [-0.1, -0.05) is 12.1 Å². The summed E-state index contributed by atoms with van der Waals surface area (Å²) in [4.78, 5) is 0. The summed E-state index contributed by atoms with van der Waals surface area (Å²) in [5.74, 6) is 5.34. The Hall–Kier alpha value is -1.72. The van der Waals surface area contributed by atoms with Crippen LogP contribution in [-0.2, 0) is 7.05 Å². The topological polar surface area (TPSA) is 55.9 Å². The van der Waals surface area contributed by atoms with Gasteiger partial charge in [0.15, 0.2) is 0 Å². The van der Waals surface area contributed by atoms with Crippen LogP contribution in [0.2, 0.25) is 0 Å². The van der Waals surface area contributed by atoms with Crippen LogP contribution >= 0.6 is 0 Å². The molecule has 1 atom stereocenters. The minimum Gasteiger partial charge on any atom is -0.275 e. The van der Waals surface area contributed by atoms with E-state index >= 15 is 0 Å². The Morgan fingerprint density at radius 1 is 1.41 bits per heavy atom. The number of aromatic nitrogens is 2. The molecular formula is C12H15FN4. The van der Waals surface area contributed by atoms with Crippen LogP contribution in [0.25, 0.3) is 0 Å². The number of halogens is 1. The first-order valence-electron chi connectivity index (χ1n) is 5.32. The lowest BCUT2D eigenvalue weighted by Gasteiger charge is -2.15. The van der Waals surface area contributed by atoms with Gasteiger partial charge >= 0.3 is 0 Å². The third-order valence-corrected chi connectivity index (χ3v) is 2.74. The molecule has 0 radical (unpaired) electrons. The van der Waals surface area contributed by atoms with Gasteiger partial charge in [0.05, 0.1) is 12.2 Å². The number of hydrogen-bond donors (Lipinski definition) is 2. The zero-order chi connectivity index (χ0) is 12.4. The summed E-state index contributed by atoms with van der Waals surface area (Å²) in [5.41, 5.74) is 5.18. The van der Waals surface area contributed by atoms with Gasteiger partial charge in [0.25, 0.3) is 0 Å². The van der Waals surface area contributed by atoms with Gasteiger partial charge in [0, 0.05) is 18.8 Å². The van der Waals surface area contributed by atoms with Crippen molar-refractivity contribution in [3.05, 3.63) is 53.1 Å². The summed E-state index contributed by atoms with van der Waals surface area (Å²) in [6.45, 7) is 1.73. The molecule has 17 heavy (non-hydrogen) atoms. The third-order valence-electron chi connectivity index (χ3n) is 2.74. The molecule has 0 saturated heterocycles. The normalized spacial score (nSPS) is 12.7. The van der Waals surface area contributed by atoms with Crippen LogP contribution in [0.15, 0.2) is 30.6 Å². The van der Waals surface area contributed by atoms with Crippen LogP contribution in [0.1, 0.15) is 22.7 Å². The number of aryl methyl sites for hydroxylation is 2. The molecule has 4 nitrogen and oxygen atoms in total. The van der Waals surface area contributed by atoms with E-state index in [-0.39, 0.29) is 11.9 Å². The Bertz CT molecular complexity index is 521. The van der Waals surface area contributed by atoms with E-state index in [0.717, 1.165) is 11.1 Å². The van der Waals surface area contributed by atoms with Crippen LogP contribution in [0.4, 0.5) is 4.39 Å². The van der Waals surface area contributed by atoms with E-state index in [1.165, 1.54) is 6.07 Å². The van der Waals surface area contributed by atoms with Crippen molar-refractivity contribution in [3.63, 3.8) is 0 Å². The lowest BCUT2D eigenvalue weighted by Crippen LogP contribution is -2.28. The fraction of sp³-hybridized carbons (Fsp3) is 0.250. The zero-order valence-electron chi connectivity index (χ0n) is 9.81. The van der Waals surface area contributed by atoms with Gasteiger partial charge in [-0.2, -0.15) is 5.10 Å². The second-order valence-corrected chi connectivity index (χ2v) is 4.06. The van der Waals surface area contributed by atoms with E-state index < -0.39 is 0 Å². The quantitative estimate of drug-likeness (QED) is 0.624. The van der Waals surface area contributed by atoms with Crippen molar-refractivity contribution in [2.24, 2.45) is 12.9 Å². The van der Waals surface area contributed by atoms with Crippen molar-refractivity contribution in [1.29, 1.82) is 0 Å². The van der Waals surface area contributed by atoms with Crippen molar-refractivity contribution in [2.45, 2.75) is 13.0 Å². The van der Waals surface area contributed by atoms with Gasteiger partial charge in [-0.3, -0.25) is 10.5 Å². The lowest BCUT2D eigenvalue weighted by molar-refractivity contribution is 0.607. The van der Waals surface area contributed by atoms with Crippen LogP contribution < -0.4 is 11.3 Å². The highest BCUT2D eigenvalue weighted by Gasteiger charge is 2.14. The highest BCUT2D eigenvalue weighted by Crippen LogP contribution is 2.22. The number of nitrogens with two attached hydrogens (primary N) is 1. The fourth-order valence-electron chi connectivity index (χ4n) is 1.82. The number of nitrogens with zero attached hydrogens (tertiary/aromatic N) is 2. The molecule has 1 unspecified atom stereocenters. The SMILES string of the molecule is Cc1cc(C(NN)c2cnn(C)c2)ccc1F. The number of rotatable bonds is 3. The molecule has 0 spiro atoms. The Kier molecular flexibility index (Phi) is 3.21. The summed E-state index contributed by atoms with van der Waals surface area (Å²) in [5, 5.41) is 4.10. The first-order chi connectivity index (χ1) is 8.11. The molecule has 1 heterocycles. The van der Waals surface area contributed by atoms with Gasteiger partial charge in [0.2, 0.25) is 0 Å². The average Bonchev–Trinajstić information content (AvgIpc) is 2.71. The first kappa shape index (κ1) is 11.8. The van der Waals surface area contributed by atoms with Crippen molar-refractivity contribution in [1.82, 2.24) is 15.2 Å². The number of nitrogens with one attached hydrogen (secondary N) is 1. The zero-order valence-corrected chi connectivity index (χ0v) is 9.81. The largest absolute Gasteiger partial charge is 0.275 e. The Labute approximate surface area is 99.2 Å². The maximum absolute atomic E-state index is 13.2. The van der Waals surface area contributed by atoms with Crippen molar-refractivity contribution in [2.75, 3.05) is 0 Å². The average molecular weight is 234 g/mol. The van der Waals surface area contributed by atoms with E-state index in [1.807, 2.05) is 13.2 Å². The monoisotopic (exact) mass is 234 g/mol. The van der Waals surface area contributed by atoms with Crippen LogP contribution in [0, 0.1) is 12.7 Å². The molecule has 90 valence electrons. The summed E-state index contributed by atoms with van der Waals surface area (Å²) in [6.07, 6.45) is 3.62. The molecular weight excluding hydrogens is 219 g/mol. The molecule has 2 aromatic rings. The molecule has 3 N–H and O–H groups in total. The van der Waals surface area contributed by atoms with E-state index in [2.05, 4.69) is 10.5 Å². The summed E-state index contributed by atoms with van der Waals surface area (Å²) in [7, 11) is 1.84. The summed E-state index contributed by atoms with van der Waals surface area (Å²) >= 11 is 0. The van der Waals surface area contributed by atoms with Crippen LogP contribution in [0.3, 0.4) is 0 Å². The van der Waals surface area contributed by atoms with Gasteiger partial charge in [-0.25, -0.2) is 9.82 Å². The highest BCUT2D eigenvalue weighted by molar-refractivity contribution is 5.32. The van der Waals surface area contributed by atoms with Gasteiger partial charge in [-0.15, -0.1) is 0 Å². The molecule has 0 amide bonds. The van der Waals surface area contributed by atoms with Gasteiger partial charge in [0.1, 0.15) is 5.82 Å². The maximum Gasteiger partial charge on any atom is 0.126 e. The third kappa shape index (κ3) is 2.35. The summed E-state index contributed by atoms with van der Waals surface area (Å²) in [6, 6.07) is 4.78. The molecule has 0 fully saturated rings. The molecule has 0 saturated carbocycles. The molecule has 0 aliphatic heterocycles. The van der Waals surface area contributed by atoms with Crippen LogP contribution in [0.5, 0.6) is 0 Å². The molecule has 1 aromatic heterocycles. The maximum atomic E-state index is 13.2. The number of hydrogen-bond acceptors (Lipinski definition) is 3.